The first-order valence-electron chi connectivity index (χ1n) is 10.5. The Kier molecular flexibility index (Phi) is 7.32. The maximum Gasteiger partial charge on any atom is 0.300 e. The molecule has 1 saturated heterocycles. The van der Waals surface area contributed by atoms with Crippen LogP contribution < -0.4 is 10.6 Å². The summed E-state index contributed by atoms with van der Waals surface area (Å²) in [5, 5.41) is 6.98. The molecule has 0 unspecified atom stereocenters. The largest absolute Gasteiger partial charge is 0.340 e. The van der Waals surface area contributed by atoms with Crippen molar-refractivity contribution >= 4 is 49.9 Å². The molecule has 1 fully saturated rings. The Morgan fingerprint density at radius 1 is 1.09 bits per heavy atom. The molecule has 8 heteroatoms. The highest BCUT2D eigenvalue weighted by Gasteiger charge is 2.12. The topological polar surface area (TPSA) is 73.4 Å². The van der Waals surface area contributed by atoms with Crippen molar-refractivity contribution in [3.63, 3.8) is 0 Å². The number of benzene rings is 2. The van der Waals surface area contributed by atoms with Gasteiger partial charge in [0.1, 0.15) is 12.1 Å². The van der Waals surface area contributed by atoms with Gasteiger partial charge in [0, 0.05) is 60.4 Å². The van der Waals surface area contributed by atoms with Crippen molar-refractivity contribution in [3.8, 4) is 11.8 Å². The molecule has 7 nitrogen and oxygen atoms in total. The van der Waals surface area contributed by atoms with Gasteiger partial charge < -0.3 is 15.5 Å². The summed E-state index contributed by atoms with van der Waals surface area (Å²) < 4.78 is 0.972. The van der Waals surface area contributed by atoms with E-state index in [0.29, 0.717) is 17.9 Å². The van der Waals surface area contributed by atoms with E-state index in [9.17, 15) is 4.79 Å². The van der Waals surface area contributed by atoms with Gasteiger partial charge in [-0.3, -0.25) is 9.69 Å². The molecule has 0 atom stereocenters. The number of anilines is 3. The fraction of sp³-hybridized carbons (Fsp3) is 0.292. The second kappa shape index (κ2) is 10.6. The second-order valence-electron chi connectivity index (χ2n) is 7.74. The van der Waals surface area contributed by atoms with Gasteiger partial charge in [0.05, 0.1) is 5.52 Å². The number of piperazine rings is 1. The molecule has 2 N–H and O–H groups in total. The molecule has 0 saturated carbocycles. The number of hydrogen-bond donors (Lipinski definition) is 2. The van der Waals surface area contributed by atoms with E-state index in [0.717, 1.165) is 53.8 Å². The SMILES string of the molecule is CN1CCN(CCC#CC(=O)Nc2ccc3ncnc(Nc4cccc(Br)c4)c3c2)CC1. The van der Waals surface area contributed by atoms with E-state index in [1.165, 1.54) is 6.33 Å². The average molecular weight is 493 g/mol. The summed E-state index contributed by atoms with van der Waals surface area (Å²) in [6.07, 6.45) is 2.20. The zero-order chi connectivity index (χ0) is 22.3. The van der Waals surface area contributed by atoms with Crippen LogP contribution in [0.3, 0.4) is 0 Å². The van der Waals surface area contributed by atoms with Crippen molar-refractivity contribution in [2.24, 2.45) is 0 Å². The minimum absolute atomic E-state index is 0.318. The van der Waals surface area contributed by atoms with Crippen molar-refractivity contribution in [3.05, 3.63) is 53.3 Å². The number of halogens is 1. The van der Waals surface area contributed by atoms with Gasteiger partial charge in [-0.1, -0.05) is 27.9 Å². The number of rotatable bonds is 5. The summed E-state index contributed by atoms with van der Waals surface area (Å²) in [6.45, 7) is 5.17. The quantitative estimate of drug-likeness (QED) is 0.528. The molecule has 3 aromatic rings. The highest BCUT2D eigenvalue weighted by molar-refractivity contribution is 9.10. The molecule has 164 valence electrons. The zero-order valence-electron chi connectivity index (χ0n) is 17.9. The molecule has 1 aliphatic heterocycles. The number of hydrogen-bond acceptors (Lipinski definition) is 6. The first-order valence-corrected chi connectivity index (χ1v) is 11.3. The number of amides is 1. The Hall–Kier alpha value is -2.99. The molecule has 1 aliphatic rings. The lowest BCUT2D eigenvalue weighted by molar-refractivity contribution is -0.111. The Labute approximate surface area is 196 Å². The maximum atomic E-state index is 12.3. The molecule has 1 aromatic heterocycles. The van der Waals surface area contributed by atoms with Gasteiger partial charge in [0.15, 0.2) is 0 Å². The van der Waals surface area contributed by atoms with Crippen LogP contribution >= 0.6 is 15.9 Å². The van der Waals surface area contributed by atoms with Crippen LogP contribution in [0.4, 0.5) is 17.2 Å². The lowest BCUT2D eigenvalue weighted by atomic mass is 10.2. The van der Waals surface area contributed by atoms with Gasteiger partial charge in [0.25, 0.3) is 5.91 Å². The van der Waals surface area contributed by atoms with Crippen LogP contribution in [0.1, 0.15) is 6.42 Å². The zero-order valence-corrected chi connectivity index (χ0v) is 19.5. The van der Waals surface area contributed by atoms with E-state index in [1.54, 1.807) is 0 Å². The average Bonchev–Trinajstić information content (AvgIpc) is 2.78. The Bertz CT molecular complexity index is 1160. The molecule has 0 spiro atoms. The van der Waals surface area contributed by atoms with Crippen LogP contribution in [0.15, 0.2) is 53.3 Å². The van der Waals surface area contributed by atoms with Crippen molar-refractivity contribution in [2.75, 3.05) is 50.4 Å². The Morgan fingerprint density at radius 2 is 1.94 bits per heavy atom. The number of aromatic nitrogens is 2. The second-order valence-corrected chi connectivity index (χ2v) is 8.66. The normalized spacial score (nSPS) is 14.6. The minimum Gasteiger partial charge on any atom is -0.340 e. The van der Waals surface area contributed by atoms with E-state index in [-0.39, 0.29) is 5.91 Å². The number of carbonyl (C=O) groups is 1. The van der Waals surface area contributed by atoms with Crippen LogP contribution in [0.5, 0.6) is 0 Å². The Morgan fingerprint density at radius 3 is 2.75 bits per heavy atom. The van der Waals surface area contributed by atoms with E-state index >= 15 is 0 Å². The van der Waals surface area contributed by atoms with Gasteiger partial charge in [-0.2, -0.15) is 0 Å². The fourth-order valence-corrected chi connectivity index (χ4v) is 3.93. The third-order valence-corrected chi connectivity index (χ3v) is 5.82. The maximum absolute atomic E-state index is 12.3. The van der Waals surface area contributed by atoms with Gasteiger partial charge in [-0.25, -0.2) is 9.97 Å². The molecular weight excluding hydrogens is 468 g/mol. The van der Waals surface area contributed by atoms with Gasteiger partial charge in [0.2, 0.25) is 0 Å². The molecule has 32 heavy (non-hydrogen) atoms. The number of nitrogens with zero attached hydrogens (tertiary/aromatic N) is 4. The predicted molar refractivity (Wildman–Crippen MR) is 132 cm³/mol. The predicted octanol–water partition coefficient (Wildman–Crippen LogP) is 3.72. The van der Waals surface area contributed by atoms with Crippen LogP contribution in [-0.4, -0.2) is 65.4 Å². The van der Waals surface area contributed by atoms with Crippen LogP contribution in [0.25, 0.3) is 10.9 Å². The number of nitrogens with one attached hydrogen (secondary N) is 2. The molecule has 0 radical (unpaired) electrons. The van der Waals surface area contributed by atoms with Gasteiger partial charge >= 0.3 is 0 Å². The van der Waals surface area contributed by atoms with Crippen molar-refractivity contribution in [2.45, 2.75) is 6.42 Å². The van der Waals surface area contributed by atoms with E-state index in [1.807, 2.05) is 42.5 Å². The van der Waals surface area contributed by atoms with Crippen molar-refractivity contribution < 1.29 is 4.79 Å². The lowest BCUT2D eigenvalue weighted by Gasteiger charge is -2.31. The number of carbonyl (C=O) groups excluding carboxylic acids is 1. The number of fused-ring (bicyclic) bond motifs is 1. The summed E-state index contributed by atoms with van der Waals surface area (Å²) >= 11 is 3.48. The monoisotopic (exact) mass is 492 g/mol. The van der Waals surface area contributed by atoms with Crippen LogP contribution in [0, 0.1) is 11.8 Å². The molecule has 4 rings (SSSR count). The van der Waals surface area contributed by atoms with E-state index < -0.39 is 0 Å². The van der Waals surface area contributed by atoms with Crippen LogP contribution in [-0.2, 0) is 4.79 Å². The lowest BCUT2D eigenvalue weighted by Crippen LogP contribution is -2.44. The smallest absolute Gasteiger partial charge is 0.300 e. The van der Waals surface area contributed by atoms with Crippen molar-refractivity contribution in [1.82, 2.24) is 19.8 Å². The third-order valence-electron chi connectivity index (χ3n) is 5.33. The highest BCUT2D eigenvalue weighted by Crippen LogP contribution is 2.26. The van der Waals surface area contributed by atoms with Crippen molar-refractivity contribution in [1.29, 1.82) is 0 Å². The first kappa shape index (κ1) is 22.2. The summed E-state index contributed by atoms with van der Waals surface area (Å²) in [5.74, 6) is 6.04. The van der Waals surface area contributed by atoms with Gasteiger partial charge in [-0.05, 0) is 49.4 Å². The summed E-state index contributed by atoms with van der Waals surface area (Å²) in [5.41, 5.74) is 2.34. The fourth-order valence-electron chi connectivity index (χ4n) is 3.53. The van der Waals surface area contributed by atoms with Crippen LogP contribution in [0.2, 0.25) is 0 Å². The van der Waals surface area contributed by atoms with E-state index in [2.05, 4.69) is 65.2 Å². The molecule has 0 bridgehead atoms. The minimum atomic E-state index is -0.318. The van der Waals surface area contributed by atoms with Gasteiger partial charge in [-0.15, -0.1) is 0 Å². The molecule has 2 heterocycles. The molecular formula is C24H25BrN6O. The standard InChI is InChI=1S/C24H25BrN6O/c1-30-11-13-31(14-12-30)10-3-2-7-23(32)28-20-8-9-22-21(16-20)24(27-17-26-22)29-19-6-4-5-18(25)15-19/h4-6,8-9,15-17H,3,10-14H2,1H3,(H,28,32)(H,26,27,29). The molecule has 1 amide bonds. The molecule has 2 aromatic carbocycles. The summed E-state index contributed by atoms with van der Waals surface area (Å²) in [6, 6.07) is 13.4. The third kappa shape index (κ3) is 6.04. The highest BCUT2D eigenvalue weighted by atomic mass is 79.9. The number of likely N-dealkylation sites (N-methyl/N-ethyl adjacent to an activating group) is 1. The summed E-state index contributed by atoms with van der Waals surface area (Å²) in [4.78, 5) is 25.7. The first-order chi connectivity index (χ1) is 15.6. The summed E-state index contributed by atoms with van der Waals surface area (Å²) in [7, 11) is 2.14. The Balaban J connectivity index is 1.39. The van der Waals surface area contributed by atoms with E-state index in [4.69, 9.17) is 0 Å². The molecule has 0 aliphatic carbocycles.